The van der Waals surface area contributed by atoms with E-state index < -0.39 is 11.2 Å². The second-order valence-electron chi connectivity index (χ2n) is 4.55. The van der Waals surface area contributed by atoms with Crippen molar-refractivity contribution in [1.29, 1.82) is 0 Å². The molecular formula is C14H15FN2O2. The van der Waals surface area contributed by atoms with E-state index in [0.717, 1.165) is 0 Å². The molecule has 0 unspecified atom stereocenters. The summed E-state index contributed by atoms with van der Waals surface area (Å²) in [4.78, 5) is 24.0. The van der Waals surface area contributed by atoms with Crippen LogP contribution < -0.4 is 10.6 Å². The Kier molecular flexibility index (Phi) is 3.64. The lowest BCUT2D eigenvalue weighted by atomic mass is 10.1. The minimum Gasteiger partial charge on any atom is -0.352 e. The molecule has 1 fully saturated rings. The van der Waals surface area contributed by atoms with Gasteiger partial charge in [0.1, 0.15) is 11.2 Å². The summed E-state index contributed by atoms with van der Waals surface area (Å²) in [7, 11) is 0. The molecule has 0 aromatic heterocycles. The summed E-state index contributed by atoms with van der Waals surface area (Å²) in [5.41, 5.74) is -0.650. The van der Waals surface area contributed by atoms with E-state index in [1.807, 2.05) is 0 Å². The van der Waals surface area contributed by atoms with Crippen molar-refractivity contribution in [3.63, 3.8) is 0 Å². The van der Waals surface area contributed by atoms with Crippen LogP contribution in [0.4, 0.5) is 10.1 Å². The highest BCUT2D eigenvalue weighted by molar-refractivity contribution is 6.13. The normalized spacial score (nSPS) is 15.4. The van der Waals surface area contributed by atoms with Crippen molar-refractivity contribution < 1.29 is 14.0 Å². The van der Waals surface area contributed by atoms with E-state index in [4.69, 9.17) is 0 Å². The molecule has 2 amide bonds. The Morgan fingerprint density at radius 3 is 2.68 bits per heavy atom. The van der Waals surface area contributed by atoms with E-state index in [1.165, 1.54) is 18.2 Å². The van der Waals surface area contributed by atoms with Crippen molar-refractivity contribution in [2.75, 3.05) is 11.9 Å². The molecule has 5 heteroatoms. The first kappa shape index (κ1) is 13.3. The van der Waals surface area contributed by atoms with Crippen molar-refractivity contribution in [2.45, 2.75) is 12.8 Å². The molecule has 1 aliphatic carbocycles. The van der Waals surface area contributed by atoms with E-state index in [0.29, 0.717) is 25.1 Å². The highest BCUT2D eigenvalue weighted by Gasteiger charge is 2.56. The Morgan fingerprint density at radius 1 is 1.37 bits per heavy atom. The Labute approximate surface area is 110 Å². The molecule has 2 rings (SSSR count). The molecular weight excluding hydrogens is 247 g/mol. The maximum atomic E-state index is 13.0. The number of hydrogen-bond acceptors (Lipinski definition) is 2. The smallest absolute Gasteiger partial charge is 0.240 e. The predicted octanol–water partition coefficient (Wildman–Crippen LogP) is 1.85. The Bertz CT molecular complexity index is 524. The lowest BCUT2D eigenvalue weighted by Crippen LogP contribution is -2.40. The fourth-order valence-corrected chi connectivity index (χ4v) is 1.83. The lowest BCUT2D eigenvalue weighted by Gasteiger charge is -2.14. The zero-order chi connectivity index (χ0) is 13.9. The molecule has 1 aliphatic rings. The Hall–Kier alpha value is -2.17. The third kappa shape index (κ3) is 2.81. The number of hydrogen-bond donors (Lipinski definition) is 2. The van der Waals surface area contributed by atoms with E-state index in [2.05, 4.69) is 17.2 Å². The molecule has 0 radical (unpaired) electrons. The molecule has 0 spiro atoms. The second-order valence-corrected chi connectivity index (χ2v) is 4.55. The Balaban J connectivity index is 2.03. The number of nitrogens with one attached hydrogen (secondary N) is 2. The summed E-state index contributed by atoms with van der Waals surface area (Å²) in [6, 6.07) is 5.59. The van der Waals surface area contributed by atoms with Gasteiger partial charge < -0.3 is 10.6 Å². The molecule has 4 nitrogen and oxygen atoms in total. The first-order chi connectivity index (χ1) is 9.08. The predicted molar refractivity (Wildman–Crippen MR) is 69.9 cm³/mol. The number of benzene rings is 1. The molecule has 100 valence electrons. The third-order valence-corrected chi connectivity index (χ3v) is 3.11. The molecule has 1 aromatic carbocycles. The van der Waals surface area contributed by atoms with Gasteiger partial charge in [-0.15, -0.1) is 6.58 Å². The van der Waals surface area contributed by atoms with Gasteiger partial charge in [0.2, 0.25) is 11.8 Å². The number of amides is 2. The number of anilines is 1. The monoisotopic (exact) mass is 262 g/mol. The summed E-state index contributed by atoms with van der Waals surface area (Å²) in [6.45, 7) is 3.83. The molecule has 0 bridgehead atoms. The fourth-order valence-electron chi connectivity index (χ4n) is 1.83. The maximum absolute atomic E-state index is 13.0. The van der Waals surface area contributed by atoms with Gasteiger partial charge in [-0.3, -0.25) is 9.59 Å². The van der Waals surface area contributed by atoms with Crippen molar-refractivity contribution >= 4 is 17.5 Å². The number of halogens is 1. The van der Waals surface area contributed by atoms with Crippen molar-refractivity contribution in [3.05, 3.63) is 42.7 Å². The van der Waals surface area contributed by atoms with Gasteiger partial charge >= 0.3 is 0 Å². The highest BCUT2D eigenvalue weighted by Crippen LogP contribution is 2.46. The van der Waals surface area contributed by atoms with E-state index in [-0.39, 0.29) is 11.8 Å². The van der Waals surface area contributed by atoms with E-state index >= 15 is 0 Å². The average Bonchev–Trinajstić information content (AvgIpc) is 3.17. The van der Waals surface area contributed by atoms with Gasteiger partial charge in [0.15, 0.2) is 0 Å². The van der Waals surface area contributed by atoms with Crippen LogP contribution in [-0.4, -0.2) is 18.4 Å². The van der Waals surface area contributed by atoms with E-state index in [9.17, 15) is 14.0 Å². The molecule has 19 heavy (non-hydrogen) atoms. The second kappa shape index (κ2) is 5.22. The van der Waals surface area contributed by atoms with Crippen molar-refractivity contribution in [3.8, 4) is 0 Å². The summed E-state index contributed by atoms with van der Waals surface area (Å²) in [5, 5.41) is 5.20. The zero-order valence-electron chi connectivity index (χ0n) is 10.4. The molecule has 0 atom stereocenters. The lowest BCUT2D eigenvalue weighted by molar-refractivity contribution is -0.134. The quantitative estimate of drug-likeness (QED) is 0.628. The number of carbonyl (C=O) groups is 2. The first-order valence-electron chi connectivity index (χ1n) is 6.05. The van der Waals surface area contributed by atoms with Crippen LogP contribution in [-0.2, 0) is 9.59 Å². The largest absolute Gasteiger partial charge is 0.352 e. The molecule has 1 aromatic rings. The van der Waals surface area contributed by atoms with E-state index in [1.54, 1.807) is 12.1 Å². The average molecular weight is 262 g/mol. The summed E-state index contributed by atoms with van der Waals surface area (Å²) >= 11 is 0. The minimum absolute atomic E-state index is 0.304. The molecule has 2 N–H and O–H groups in total. The van der Waals surface area contributed by atoms with Crippen LogP contribution in [0.1, 0.15) is 12.8 Å². The van der Waals surface area contributed by atoms with Gasteiger partial charge in [-0.1, -0.05) is 12.1 Å². The first-order valence-corrected chi connectivity index (χ1v) is 6.05. The molecule has 0 aliphatic heterocycles. The van der Waals surface area contributed by atoms with Gasteiger partial charge in [0.05, 0.1) is 0 Å². The fraction of sp³-hybridized carbons (Fsp3) is 0.286. The van der Waals surface area contributed by atoms with Crippen LogP contribution in [0, 0.1) is 11.2 Å². The molecule has 0 saturated heterocycles. The zero-order valence-corrected chi connectivity index (χ0v) is 10.4. The molecule has 1 saturated carbocycles. The highest BCUT2D eigenvalue weighted by atomic mass is 19.1. The van der Waals surface area contributed by atoms with Gasteiger partial charge in [-0.25, -0.2) is 4.39 Å². The topological polar surface area (TPSA) is 58.2 Å². The summed E-state index contributed by atoms with van der Waals surface area (Å²) in [6.07, 6.45) is 2.58. The van der Waals surface area contributed by atoms with Crippen molar-refractivity contribution in [2.24, 2.45) is 5.41 Å². The van der Waals surface area contributed by atoms with Gasteiger partial charge in [0.25, 0.3) is 0 Å². The van der Waals surface area contributed by atoms with Crippen LogP contribution in [0.5, 0.6) is 0 Å². The third-order valence-electron chi connectivity index (χ3n) is 3.11. The van der Waals surface area contributed by atoms with Crippen LogP contribution in [0.3, 0.4) is 0 Å². The number of rotatable bonds is 5. The van der Waals surface area contributed by atoms with Gasteiger partial charge in [-0.05, 0) is 31.0 Å². The SMILES string of the molecule is C=CCNC(=O)C1(C(=O)Nc2cccc(F)c2)CC1. The maximum Gasteiger partial charge on any atom is 0.240 e. The minimum atomic E-state index is -1.00. The van der Waals surface area contributed by atoms with Crippen molar-refractivity contribution in [1.82, 2.24) is 5.32 Å². The summed E-state index contributed by atoms with van der Waals surface area (Å²) in [5.74, 6) is -1.13. The molecule has 0 heterocycles. The number of carbonyl (C=O) groups excluding carboxylic acids is 2. The van der Waals surface area contributed by atoms with Crippen LogP contribution in [0.15, 0.2) is 36.9 Å². The van der Waals surface area contributed by atoms with Gasteiger partial charge in [0, 0.05) is 12.2 Å². The van der Waals surface area contributed by atoms with Crippen LogP contribution in [0.2, 0.25) is 0 Å². The standard InChI is InChI=1S/C14H15FN2O2/c1-2-8-16-12(18)14(6-7-14)13(19)17-11-5-3-4-10(15)9-11/h2-5,9H,1,6-8H2,(H,16,18)(H,17,19). The van der Waals surface area contributed by atoms with Gasteiger partial charge in [-0.2, -0.15) is 0 Å². The Morgan fingerprint density at radius 2 is 2.11 bits per heavy atom. The summed E-state index contributed by atoms with van der Waals surface area (Å²) < 4.78 is 13.0. The van der Waals surface area contributed by atoms with Crippen LogP contribution in [0.25, 0.3) is 0 Å². The van der Waals surface area contributed by atoms with Crippen LogP contribution >= 0.6 is 0 Å².